The molecule has 2 heterocycles. The van der Waals surface area contributed by atoms with Gasteiger partial charge >= 0.3 is 0 Å². The van der Waals surface area contributed by atoms with Crippen LogP contribution < -0.4 is 5.73 Å². The van der Waals surface area contributed by atoms with Gasteiger partial charge in [0, 0.05) is 44.0 Å². The van der Waals surface area contributed by atoms with Gasteiger partial charge in [-0.15, -0.1) is 0 Å². The van der Waals surface area contributed by atoms with E-state index in [0.717, 1.165) is 11.6 Å². The van der Waals surface area contributed by atoms with Crippen molar-refractivity contribution in [3.05, 3.63) is 17.5 Å². The van der Waals surface area contributed by atoms with Crippen molar-refractivity contribution < 1.29 is 0 Å². The highest BCUT2D eigenvalue weighted by Gasteiger charge is 2.40. The maximum Gasteiger partial charge on any atom is 0.0641 e. The van der Waals surface area contributed by atoms with Crippen molar-refractivity contribution in [1.82, 2.24) is 14.7 Å². The quantitative estimate of drug-likeness (QED) is 0.885. The molecule has 0 aromatic carbocycles. The average Bonchev–Trinajstić information content (AvgIpc) is 2.93. The van der Waals surface area contributed by atoms with E-state index in [-0.39, 0.29) is 0 Å². The molecule has 2 aliphatic rings. The van der Waals surface area contributed by atoms with Crippen LogP contribution in [0.3, 0.4) is 0 Å². The topological polar surface area (TPSA) is 47.1 Å². The van der Waals surface area contributed by atoms with E-state index in [1.54, 1.807) is 0 Å². The number of fused-ring (bicyclic) bond motifs is 1. The Balaban J connectivity index is 1.75. The number of rotatable bonds is 2. The summed E-state index contributed by atoms with van der Waals surface area (Å²) in [6, 6.07) is 0.887. The van der Waals surface area contributed by atoms with Crippen molar-refractivity contribution in [1.29, 1.82) is 0 Å². The molecule has 2 fully saturated rings. The Bertz CT molecular complexity index is 453. The SMILES string of the molecule is Cc1nn(C)cc1C(C)N1CC2CCCC(N)C2C1. The van der Waals surface area contributed by atoms with E-state index in [1.165, 1.54) is 37.9 Å². The molecule has 0 radical (unpaired) electrons. The fourth-order valence-corrected chi connectivity index (χ4v) is 4.09. The van der Waals surface area contributed by atoms with Gasteiger partial charge < -0.3 is 5.73 Å². The van der Waals surface area contributed by atoms with Crippen LogP contribution in [0.25, 0.3) is 0 Å². The molecule has 2 N–H and O–H groups in total. The molecule has 1 aromatic heterocycles. The summed E-state index contributed by atoms with van der Waals surface area (Å²) in [5, 5.41) is 4.47. The molecule has 106 valence electrons. The highest BCUT2D eigenvalue weighted by molar-refractivity contribution is 5.20. The van der Waals surface area contributed by atoms with Gasteiger partial charge in [0.05, 0.1) is 5.69 Å². The highest BCUT2D eigenvalue weighted by Crippen LogP contribution is 2.39. The van der Waals surface area contributed by atoms with Crippen molar-refractivity contribution in [2.24, 2.45) is 24.6 Å². The Morgan fingerprint density at radius 3 is 2.79 bits per heavy atom. The summed E-state index contributed by atoms with van der Waals surface area (Å²) < 4.78 is 1.93. The van der Waals surface area contributed by atoms with Crippen molar-refractivity contribution >= 4 is 0 Å². The summed E-state index contributed by atoms with van der Waals surface area (Å²) in [6.45, 7) is 6.81. The van der Waals surface area contributed by atoms with E-state index in [4.69, 9.17) is 5.73 Å². The molecule has 0 amide bonds. The van der Waals surface area contributed by atoms with E-state index < -0.39 is 0 Å². The lowest BCUT2D eigenvalue weighted by atomic mass is 9.78. The average molecular weight is 262 g/mol. The first-order valence-electron chi connectivity index (χ1n) is 7.56. The Hall–Kier alpha value is -0.870. The first-order chi connectivity index (χ1) is 9.06. The second-order valence-electron chi connectivity index (χ2n) is 6.49. The van der Waals surface area contributed by atoms with Crippen LogP contribution >= 0.6 is 0 Å². The van der Waals surface area contributed by atoms with Crippen LogP contribution in [0.2, 0.25) is 0 Å². The molecular formula is C15H26N4. The largest absolute Gasteiger partial charge is 0.327 e. The fourth-order valence-electron chi connectivity index (χ4n) is 4.09. The molecule has 4 unspecified atom stereocenters. The van der Waals surface area contributed by atoms with Gasteiger partial charge in [-0.05, 0) is 38.5 Å². The Morgan fingerprint density at radius 2 is 2.16 bits per heavy atom. The maximum absolute atomic E-state index is 6.31. The molecule has 3 rings (SSSR count). The zero-order chi connectivity index (χ0) is 13.6. The molecule has 4 heteroatoms. The van der Waals surface area contributed by atoms with Crippen LogP contribution in [0.1, 0.15) is 43.5 Å². The number of hydrogen-bond acceptors (Lipinski definition) is 3. The summed E-state index contributed by atoms with van der Waals surface area (Å²) in [7, 11) is 2.00. The minimum atomic E-state index is 0.422. The Labute approximate surface area is 116 Å². The third-order valence-electron chi connectivity index (χ3n) is 5.23. The van der Waals surface area contributed by atoms with Crippen LogP contribution in [0.4, 0.5) is 0 Å². The van der Waals surface area contributed by atoms with Crippen LogP contribution in [-0.2, 0) is 7.05 Å². The van der Waals surface area contributed by atoms with Crippen LogP contribution in [0.15, 0.2) is 6.20 Å². The predicted molar refractivity (Wildman–Crippen MR) is 76.7 cm³/mol. The second kappa shape index (κ2) is 4.91. The van der Waals surface area contributed by atoms with Crippen molar-refractivity contribution in [2.45, 2.75) is 45.2 Å². The van der Waals surface area contributed by atoms with Crippen LogP contribution in [0.5, 0.6) is 0 Å². The third kappa shape index (κ3) is 2.32. The van der Waals surface area contributed by atoms with Gasteiger partial charge in [0.1, 0.15) is 0 Å². The number of likely N-dealkylation sites (tertiary alicyclic amines) is 1. The normalized spacial score (nSPS) is 33.4. The zero-order valence-electron chi connectivity index (χ0n) is 12.3. The second-order valence-corrected chi connectivity index (χ2v) is 6.49. The summed E-state index contributed by atoms with van der Waals surface area (Å²) in [6.07, 6.45) is 6.07. The number of aromatic nitrogens is 2. The van der Waals surface area contributed by atoms with Gasteiger partial charge in [-0.3, -0.25) is 9.58 Å². The van der Waals surface area contributed by atoms with Gasteiger partial charge in [-0.25, -0.2) is 0 Å². The monoisotopic (exact) mass is 262 g/mol. The van der Waals surface area contributed by atoms with E-state index in [1.807, 2.05) is 11.7 Å². The molecule has 1 saturated heterocycles. The molecule has 0 spiro atoms. The smallest absolute Gasteiger partial charge is 0.0641 e. The molecule has 1 saturated carbocycles. The van der Waals surface area contributed by atoms with Gasteiger partial charge in [0.2, 0.25) is 0 Å². The summed E-state index contributed by atoms with van der Waals surface area (Å²) in [4.78, 5) is 2.62. The van der Waals surface area contributed by atoms with Gasteiger partial charge in [0.15, 0.2) is 0 Å². The lowest BCUT2D eigenvalue weighted by Gasteiger charge is -2.30. The summed E-state index contributed by atoms with van der Waals surface area (Å²) >= 11 is 0. The number of nitrogens with zero attached hydrogens (tertiary/aromatic N) is 3. The predicted octanol–water partition coefficient (Wildman–Crippen LogP) is 1.85. The standard InChI is InChI=1S/C15H26N4/c1-10-13(8-18(3)17-10)11(2)19-7-12-5-4-6-15(16)14(12)9-19/h8,11-12,14-15H,4-7,9,16H2,1-3H3. The molecule has 19 heavy (non-hydrogen) atoms. The molecule has 4 atom stereocenters. The first kappa shape index (κ1) is 13.1. The van der Waals surface area contributed by atoms with Gasteiger partial charge in [-0.2, -0.15) is 5.10 Å². The molecule has 1 aromatic rings. The number of aryl methyl sites for hydroxylation is 2. The van der Waals surface area contributed by atoms with Crippen molar-refractivity contribution in [2.75, 3.05) is 13.1 Å². The Kier molecular flexibility index (Phi) is 3.39. The van der Waals surface area contributed by atoms with E-state index in [2.05, 4.69) is 30.0 Å². The molecule has 4 nitrogen and oxygen atoms in total. The number of nitrogens with two attached hydrogens (primary N) is 1. The summed E-state index contributed by atoms with van der Waals surface area (Å²) in [5.74, 6) is 1.54. The van der Waals surface area contributed by atoms with E-state index >= 15 is 0 Å². The minimum Gasteiger partial charge on any atom is -0.327 e. The van der Waals surface area contributed by atoms with Gasteiger partial charge in [0.25, 0.3) is 0 Å². The molecule has 1 aliphatic heterocycles. The highest BCUT2D eigenvalue weighted by atomic mass is 15.3. The molecular weight excluding hydrogens is 236 g/mol. The molecule has 0 bridgehead atoms. The minimum absolute atomic E-state index is 0.422. The van der Waals surface area contributed by atoms with E-state index in [9.17, 15) is 0 Å². The molecule has 1 aliphatic carbocycles. The van der Waals surface area contributed by atoms with Crippen LogP contribution in [-0.4, -0.2) is 33.8 Å². The number of hydrogen-bond donors (Lipinski definition) is 1. The maximum atomic E-state index is 6.31. The van der Waals surface area contributed by atoms with Crippen molar-refractivity contribution in [3.63, 3.8) is 0 Å². The van der Waals surface area contributed by atoms with E-state index in [0.29, 0.717) is 18.0 Å². The van der Waals surface area contributed by atoms with Crippen LogP contribution in [0, 0.1) is 18.8 Å². The fraction of sp³-hybridized carbons (Fsp3) is 0.800. The lowest BCUT2D eigenvalue weighted by Crippen LogP contribution is -2.38. The summed E-state index contributed by atoms with van der Waals surface area (Å²) in [5.41, 5.74) is 8.84. The lowest BCUT2D eigenvalue weighted by molar-refractivity contribution is 0.244. The van der Waals surface area contributed by atoms with Gasteiger partial charge in [-0.1, -0.05) is 6.42 Å². The zero-order valence-corrected chi connectivity index (χ0v) is 12.3. The Morgan fingerprint density at radius 1 is 1.37 bits per heavy atom. The third-order valence-corrected chi connectivity index (χ3v) is 5.23. The van der Waals surface area contributed by atoms with Crippen molar-refractivity contribution in [3.8, 4) is 0 Å². The first-order valence-corrected chi connectivity index (χ1v) is 7.56.